The van der Waals surface area contributed by atoms with Gasteiger partial charge in [0.15, 0.2) is 17.4 Å². The zero-order valence-electron chi connectivity index (χ0n) is 15.7. The summed E-state index contributed by atoms with van der Waals surface area (Å²) in [4.78, 5) is 34.8. The number of phosphoric ester groups is 1. The summed E-state index contributed by atoms with van der Waals surface area (Å²) < 4.78 is 38.5. The quantitative estimate of drug-likeness (QED) is 0.189. The summed E-state index contributed by atoms with van der Waals surface area (Å²) in [6, 6.07) is 0. The molecule has 0 aliphatic carbocycles. The van der Waals surface area contributed by atoms with Crippen molar-refractivity contribution < 1.29 is 52.7 Å². The standard InChI is InChI=1S/C13H21N5O11P2/c14-11-8-12(16-5-17(11)2-1-3-19)18(6-15-8)13-10(21)9(20)7(28-13)4-27-31(25,26)29-30(22,23)24/h5-7,9-10,13-14,19-21H,1-4H2,(H,25,26)(H2,22,23,24)/t7-,9-,10-,13-/m1/s1. The Balaban J connectivity index is 1.77. The molecule has 16 nitrogen and oxygen atoms in total. The van der Waals surface area contributed by atoms with Crippen molar-refractivity contribution in [2.24, 2.45) is 0 Å². The first-order valence-electron chi connectivity index (χ1n) is 8.77. The van der Waals surface area contributed by atoms with Crippen molar-refractivity contribution in [3.63, 3.8) is 0 Å². The van der Waals surface area contributed by atoms with E-state index >= 15 is 0 Å². The lowest BCUT2D eigenvalue weighted by Crippen LogP contribution is -2.33. The third kappa shape index (κ3) is 5.45. The van der Waals surface area contributed by atoms with Gasteiger partial charge in [0.1, 0.15) is 23.8 Å². The zero-order valence-corrected chi connectivity index (χ0v) is 17.5. The van der Waals surface area contributed by atoms with Gasteiger partial charge in [0.05, 0.1) is 19.3 Å². The van der Waals surface area contributed by atoms with E-state index in [9.17, 15) is 24.2 Å². The Morgan fingerprint density at radius 2 is 1.87 bits per heavy atom. The number of imidazole rings is 1. The largest absolute Gasteiger partial charge is 0.481 e. The van der Waals surface area contributed by atoms with Crippen molar-refractivity contribution in [1.29, 1.82) is 5.41 Å². The van der Waals surface area contributed by atoms with Gasteiger partial charge in [-0.15, -0.1) is 0 Å². The molecule has 2 aromatic heterocycles. The van der Waals surface area contributed by atoms with E-state index in [0.717, 1.165) is 0 Å². The predicted molar refractivity (Wildman–Crippen MR) is 97.9 cm³/mol. The van der Waals surface area contributed by atoms with E-state index in [1.807, 2.05) is 0 Å². The maximum atomic E-state index is 11.6. The van der Waals surface area contributed by atoms with Gasteiger partial charge in [0.25, 0.3) is 0 Å². The summed E-state index contributed by atoms with van der Waals surface area (Å²) in [5, 5.41) is 37.7. The number of aliphatic hydroxyl groups is 3. The predicted octanol–water partition coefficient (Wildman–Crippen LogP) is -2.06. The molecule has 0 bridgehead atoms. The molecule has 1 aliphatic rings. The molecule has 0 aromatic carbocycles. The molecular formula is C13H21N5O11P2. The van der Waals surface area contributed by atoms with Crippen LogP contribution in [0.5, 0.6) is 0 Å². The van der Waals surface area contributed by atoms with E-state index in [1.54, 1.807) is 0 Å². The van der Waals surface area contributed by atoms with Crippen LogP contribution in [-0.4, -0.2) is 80.6 Å². The van der Waals surface area contributed by atoms with Crippen LogP contribution in [0.3, 0.4) is 0 Å². The van der Waals surface area contributed by atoms with E-state index in [0.29, 0.717) is 13.0 Å². The van der Waals surface area contributed by atoms with E-state index in [1.165, 1.54) is 21.8 Å². The maximum absolute atomic E-state index is 11.6. The minimum absolute atomic E-state index is 0.000855. The molecule has 5 atom stereocenters. The number of hydrogen-bond acceptors (Lipinski definition) is 11. The van der Waals surface area contributed by atoms with Crippen LogP contribution in [0.25, 0.3) is 11.2 Å². The van der Waals surface area contributed by atoms with Crippen LogP contribution in [0.4, 0.5) is 0 Å². The second-order valence-corrected chi connectivity index (χ2v) is 9.40. The number of nitrogens with zero attached hydrogens (tertiary/aromatic N) is 4. The zero-order chi connectivity index (χ0) is 23.0. The summed E-state index contributed by atoms with van der Waals surface area (Å²) in [6.45, 7) is -0.570. The van der Waals surface area contributed by atoms with Gasteiger partial charge in [-0.05, 0) is 6.42 Å². The molecule has 0 spiro atoms. The molecule has 7 N–H and O–H groups in total. The molecule has 1 aliphatic heterocycles. The molecule has 2 aromatic rings. The number of nitrogens with one attached hydrogen (secondary N) is 1. The fourth-order valence-electron chi connectivity index (χ4n) is 2.99. The van der Waals surface area contributed by atoms with Crippen molar-refractivity contribution in [2.75, 3.05) is 13.2 Å². The SMILES string of the molecule is N=c1c2ncn([C@@H]3O[C@H](COP(=O)(O)OP(=O)(O)O)[C@@H](O)[C@H]3O)c2ncn1CCCO. The highest BCUT2D eigenvalue weighted by Gasteiger charge is 2.46. The van der Waals surface area contributed by atoms with Gasteiger partial charge in [-0.1, -0.05) is 0 Å². The Hall–Kier alpha value is -1.55. The van der Waals surface area contributed by atoms with Gasteiger partial charge in [-0.2, -0.15) is 4.31 Å². The Morgan fingerprint density at radius 3 is 2.52 bits per heavy atom. The van der Waals surface area contributed by atoms with Crippen molar-refractivity contribution in [3.05, 3.63) is 18.1 Å². The number of ether oxygens (including phenoxy) is 1. The second kappa shape index (κ2) is 9.13. The Morgan fingerprint density at radius 1 is 1.16 bits per heavy atom. The van der Waals surface area contributed by atoms with E-state index in [2.05, 4.69) is 18.8 Å². The van der Waals surface area contributed by atoms with Crippen LogP contribution in [0, 0.1) is 5.41 Å². The molecule has 0 radical (unpaired) electrons. The van der Waals surface area contributed by atoms with Crippen molar-refractivity contribution >= 4 is 26.8 Å². The molecule has 18 heteroatoms. The van der Waals surface area contributed by atoms with Gasteiger partial charge in [0, 0.05) is 13.2 Å². The highest BCUT2D eigenvalue weighted by Crippen LogP contribution is 2.57. The number of aliphatic hydroxyl groups excluding tert-OH is 3. The fraction of sp³-hybridized carbons (Fsp3) is 0.615. The first kappa shape index (κ1) is 24.1. The Labute approximate surface area is 173 Å². The first-order valence-corrected chi connectivity index (χ1v) is 11.8. The molecule has 1 fully saturated rings. The van der Waals surface area contributed by atoms with Gasteiger partial charge >= 0.3 is 15.6 Å². The minimum Gasteiger partial charge on any atom is -0.396 e. The van der Waals surface area contributed by atoms with E-state index in [4.69, 9.17) is 25.0 Å². The number of hydrogen-bond donors (Lipinski definition) is 7. The third-order valence-electron chi connectivity index (χ3n) is 4.38. The normalized spacial score (nSPS) is 26.4. The molecule has 3 rings (SSSR count). The van der Waals surface area contributed by atoms with Gasteiger partial charge in [-0.3, -0.25) is 14.5 Å². The molecule has 0 amide bonds. The molecule has 31 heavy (non-hydrogen) atoms. The fourth-order valence-corrected chi connectivity index (χ4v) is 4.59. The summed E-state index contributed by atoms with van der Waals surface area (Å²) in [6.07, 6.45) is -2.80. The number of phosphoric acid groups is 2. The highest BCUT2D eigenvalue weighted by atomic mass is 31.3. The Kier molecular flexibility index (Phi) is 7.10. The summed E-state index contributed by atoms with van der Waals surface area (Å²) in [5.41, 5.74) is 0.321. The molecule has 0 saturated carbocycles. The smallest absolute Gasteiger partial charge is 0.396 e. The van der Waals surface area contributed by atoms with Crippen LogP contribution in [0.1, 0.15) is 12.6 Å². The average molecular weight is 485 g/mol. The molecule has 1 unspecified atom stereocenters. The van der Waals surface area contributed by atoms with Crippen LogP contribution in [0.15, 0.2) is 12.7 Å². The van der Waals surface area contributed by atoms with Crippen molar-refractivity contribution in [1.82, 2.24) is 19.1 Å². The molecule has 3 heterocycles. The van der Waals surface area contributed by atoms with Gasteiger partial charge in [-0.25, -0.2) is 19.1 Å². The Bertz CT molecular complexity index is 1080. The second-order valence-electron chi connectivity index (χ2n) is 6.57. The summed E-state index contributed by atoms with van der Waals surface area (Å²) in [5.74, 6) is 0. The lowest BCUT2D eigenvalue weighted by atomic mass is 10.1. The molecule has 174 valence electrons. The molecule has 1 saturated heterocycles. The van der Waals surface area contributed by atoms with Crippen LogP contribution >= 0.6 is 15.6 Å². The topological polar surface area (TPSA) is 243 Å². The third-order valence-corrected chi connectivity index (χ3v) is 6.53. The van der Waals surface area contributed by atoms with Gasteiger partial charge in [0.2, 0.25) is 0 Å². The van der Waals surface area contributed by atoms with E-state index in [-0.39, 0.29) is 23.3 Å². The highest BCUT2D eigenvalue weighted by molar-refractivity contribution is 7.60. The van der Waals surface area contributed by atoms with Crippen molar-refractivity contribution in [2.45, 2.75) is 37.5 Å². The number of aromatic nitrogens is 4. The minimum atomic E-state index is -5.32. The average Bonchev–Trinajstić information content (AvgIpc) is 3.20. The first-order chi connectivity index (χ1) is 14.4. The summed E-state index contributed by atoms with van der Waals surface area (Å²) >= 11 is 0. The van der Waals surface area contributed by atoms with Crippen LogP contribution in [0.2, 0.25) is 0 Å². The number of rotatable bonds is 9. The van der Waals surface area contributed by atoms with Gasteiger partial charge < -0.3 is 39.3 Å². The maximum Gasteiger partial charge on any atom is 0.481 e. The lowest BCUT2D eigenvalue weighted by Gasteiger charge is -2.17. The number of aryl methyl sites for hydroxylation is 1. The molecular weight excluding hydrogens is 464 g/mol. The monoisotopic (exact) mass is 485 g/mol. The van der Waals surface area contributed by atoms with Crippen LogP contribution < -0.4 is 5.49 Å². The van der Waals surface area contributed by atoms with E-state index < -0.39 is 46.8 Å². The number of fused-ring (bicyclic) bond motifs is 1. The van der Waals surface area contributed by atoms with Crippen molar-refractivity contribution in [3.8, 4) is 0 Å². The lowest BCUT2D eigenvalue weighted by molar-refractivity contribution is -0.0503. The summed E-state index contributed by atoms with van der Waals surface area (Å²) in [7, 11) is -10.5. The van der Waals surface area contributed by atoms with Crippen LogP contribution in [-0.2, 0) is 29.2 Å².